The second kappa shape index (κ2) is 6.48. The van der Waals surface area contributed by atoms with Crippen LogP contribution in [0.15, 0.2) is 24.3 Å². The summed E-state index contributed by atoms with van der Waals surface area (Å²) in [6.07, 6.45) is 3.96. The molecule has 2 amide bonds. The van der Waals surface area contributed by atoms with Crippen molar-refractivity contribution in [2.75, 3.05) is 19.6 Å². The van der Waals surface area contributed by atoms with Gasteiger partial charge in [-0.25, -0.2) is 4.79 Å². The summed E-state index contributed by atoms with van der Waals surface area (Å²) in [5, 5.41) is 5.93. The number of carbonyl (C=O) groups excluding carboxylic acids is 1. The van der Waals surface area contributed by atoms with Crippen LogP contribution in [0.5, 0.6) is 0 Å². The van der Waals surface area contributed by atoms with Gasteiger partial charge in [0, 0.05) is 25.7 Å². The van der Waals surface area contributed by atoms with Gasteiger partial charge in [-0.3, -0.25) is 0 Å². The van der Waals surface area contributed by atoms with Gasteiger partial charge in [0.15, 0.2) is 0 Å². The Labute approximate surface area is 126 Å². The number of likely N-dealkylation sites (tertiary alicyclic amines) is 1. The molecule has 1 aliphatic carbocycles. The Balaban J connectivity index is 1.33. The van der Waals surface area contributed by atoms with E-state index in [4.69, 9.17) is 0 Å². The molecule has 1 unspecified atom stereocenters. The number of nitrogens with zero attached hydrogens (tertiary/aromatic N) is 1. The van der Waals surface area contributed by atoms with Gasteiger partial charge in [0.1, 0.15) is 0 Å². The largest absolute Gasteiger partial charge is 0.338 e. The second-order valence-electron chi connectivity index (χ2n) is 6.43. The number of aryl methyl sites for hydroxylation is 1. The molecule has 3 rings (SSSR count). The highest BCUT2D eigenvalue weighted by molar-refractivity contribution is 5.73. The van der Waals surface area contributed by atoms with Gasteiger partial charge in [-0.15, -0.1) is 0 Å². The molecule has 2 N–H and O–H groups in total. The molecule has 0 bridgehead atoms. The maximum Gasteiger partial charge on any atom is 0.315 e. The zero-order chi connectivity index (χ0) is 14.7. The first-order chi connectivity index (χ1) is 10.2. The average molecular weight is 287 g/mol. The van der Waals surface area contributed by atoms with Crippen molar-refractivity contribution < 1.29 is 4.79 Å². The van der Waals surface area contributed by atoms with Crippen LogP contribution >= 0.6 is 0 Å². The topological polar surface area (TPSA) is 44.4 Å². The first-order valence-corrected chi connectivity index (χ1v) is 8.02. The normalized spacial score (nSPS) is 22.2. The minimum atomic E-state index is -0.0551. The number of amides is 2. The van der Waals surface area contributed by atoms with E-state index in [9.17, 15) is 4.79 Å². The molecule has 0 aromatic heterocycles. The van der Waals surface area contributed by atoms with Gasteiger partial charge in [-0.1, -0.05) is 29.8 Å². The lowest BCUT2D eigenvalue weighted by atomic mass is 10.1. The van der Waals surface area contributed by atoms with E-state index in [2.05, 4.69) is 46.7 Å². The van der Waals surface area contributed by atoms with E-state index in [0.717, 1.165) is 24.7 Å². The van der Waals surface area contributed by atoms with Crippen molar-refractivity contribution in [1.29, 1.82) is 0 Å². The fraction of sp³-hybridized carbons (Fsp3) is 0.588. The summed E-state index contributed by atoms with van der Waals surface area (Å²) in [5.41, 5.74) is 2.38. The first kappa shape index (κ1) is 14.4. The smallest absolute Gasteiger partial charge is 0.315 e. The van der Waals surface area contributed by atoms with E-state index in [1.165, 1.54) is 31.4 Å². The standard InChI is InChI=1S/C17H25N3O/c1-13-2-4-14(5-3-13)10-18-17(21)19-11-15-8-9-20(12-15)16-6-7-16/h2-5,15-16H,6-12H2,1H3,(H2,18,19,21). The molecule has 1 atom stereocenters. The first-order valence-electron chi connectivity index (χ1n) is 8.02. The molecule has 1 heterocycles. The number of nitrogens with one attached hydrogen (secondary N) is 2. The molecule has 1 saturated carbocycles. The van der Waals surface area contributed by atoms with Gasteiger partial charge in [0.05, 0.1) is 0 Å². The highest BCUT2D eigenvalue weighted by Crippen LogP contribution is 2.31. The molecular weight excluding hydrogens is 262 g/mol. The van der Waals surface area contributed by atoms with Crippen LogP contribution in [0.25, 0.3) is 0 Å². The quantitative estimate of drug-likeness (QED) is 0.872. The SMILES string of the molecule is Cc1ccc(CNC(=O)NCC2CCN(C3CC3)C2)cc1. The van der Waals surface area contributed by atoms with Crippen LogP contribution in [0.1, 0.15) is 30.4 Å². The van der Waals surface area contributed by atoms with Crippen molar-refractivity contribution in [3.63, 3.8) is 0 Å². The van der Waals surface area contributed by atoms with Gasteiger partial charge in [-0.2, -0.15) is 0 Å². The van der Waals surface area contributed by atoms with E-state index in [1.807, 2.05) is 0 Å². The van der Waals surface area contributed by atoms with Crippen LogP contribution in [-0.2, 0) is 6.54 Å². The van der Waals surface area contributed by atoms with E-state index in [0.29, 0.717) is 12.5 Å². The van der Waals surface area contributed by atoms with Crippen molar-refractivity contribution in [2.45, 2.75) is 38.8 Å². The summed E-state index contributed by atoms with van der Waals surface area (Å²) >= 11 is 0. The fourth-order valence-corrected chi connectivity index (χ4v) is 2.99. The number of hydrogen-bond acceptors (Lipinski definition) is 2. The Bertz CT molecular complexity index is 481. The monoisotopic (exact) mass is 287 g/mol. The third-order valence-electron chi connectivity index (χ3n) is 4.51. The molecule has 1 aliphatic heterocycles. The Morgan fingerprint density at radius 3 is 2.67 bits per heavy atom. The van der Waals surface area contributed by atoms with E-state index in [1.54, 1.807) is 0 Å². The summed E-state index contributed by atoms with van der Waals surface area (Å²) in [5.74, 6) is 0.621. The summed E-state index contributed by atoms with van der Waals surface area (Å²) in [7, 11) is 0. The molecule has 2 fully saturated rings. The predicted molar refractivity (Wildman–Crippen MR) is 84.1 cm³/mol. The van der Waals surface area contributed by atoms with Crippen LogP contribution in [0.3, 0.4) is 0 Å². The molecule has 0 radical (unpaired) electrons. The van der Waals surface area contributed by atoms with Gasteiger partial charge in [0.25, 0.3) is 0 Å². The summed E-state index contributed by atoms with van der Waals surface area (Å²) < 4.78 is 0. The minimum absolute atomic E-state index is 0.0551. The van der Waals surface area contributed by atoms with Crippen molar-refractivity contribution in [3.8, 4) is 0 Å². The van der Waals surface area contributed by atoms with E-state index >= 15 is 0 Å². The van der Waals surface area contributed by atoms with Crippen LogP contribution < -0.4 is 10.6 Å². The number of carbonyl (C=O) groups is 1. The Morgan fingerprint density at radius 2 is 1.95 bits per heavy atom. The summed E-state index contributed by atoms with van der Waals surface area (Å²) in [6.45, 7) is 5.81. The van der Waals surface area contributed by atoms with Crippen LogP contribution in [0.2, 0.25) is 0 Å². The molecule has 114 valence electrons. The summed E-state index contributed by atoms with van der Waals surface area (Å²) in [4.78, 5) is 14.4. The van der Waals surface area contributed by atoms with Gasteiger partial charge in [-0.05, 0) is 44.2 Å². The zero-order valence-corrected chi connectivity index (χ0v) is 12.8. The van der Waals surface area contributed by atoms with Crippen molar-refractivity contribution in [2.24, 2.45) is 5.92 Å². The zero-order valence-electron chi connectivity index (χ0n) is 12.8. The van der Waals surface area contributed by atoms with Crippen molar-refractivity contribution >= 4 is 6.03 Å². The average Bonchev–Trinajstić information content (AvgIpc) is 3.23. The third-order valence-corrected chi connectivity index (χ3v) is 4.51. The summed E-state index contributed by atoms with van der Waals surface area (Å²) in [6, 6.07) is 9.05. The fourth-order valence-electron chi connectivity index (χ4n) is 2.99. The van der Waals surface area contributed by atoms with Crippen molar-refractivity contribution in [3.05, 3.63) is 35.4 Å². The van der Waals surface area contributed by atoms with E-state index < -0.39 is 0 Å². The molecule has 1 aromatic rings. The number of benzene rings is 1. The third kappa shape index (κ3) is 4.21. The maximum absolute atomic E-state index is 11.8. The minimum Gasteiger partial charge on any atom is -0.338 e. The maximum atomic E-state index is 11.8. The van der Waals surface area contributed by atoms with Gasteiger partial charge in [0.2, 0.25) is 0 Å². The molecular formula is C17H25N3O. The lowest BCUT2D eigenvalue weighted by Gasteiger charge is -2.15. The molecule has 4 heteroatoms. The van der Waals surface area contributed by atoms with Crippen LogP contribution in [-0.4, -0.2) is 36.6 Å². The van der Waals surface area contributed by atoms with Crippen LogP contribution in [0.4, 0.5) is 4.79 Å². The Morgan fingerprint density at radius 1 is 1.19 bits per heavy atom. The lowest BCUT2D eigenvalue weighted by Crippen LogP contribution is -2.38. The highest BCUT2D eigenvalue weighted by atomic mass is 16.2. The molecule has 0 spiro atoms. The number of rotatable bonds is 5. The molecule has 1 saturated heterocycles. The van der Waals surface area contributed by atoms with E-state index in [-0.39, 0.29) is 6.03 Å². The molecule has 4 nitrogen and oxygen atoms in total. The molecule has 2 aliphatic rings. The highest BCUT2D eigenvalue weighted by Gasteiger charge is 2.34. The van der Waals surface area contributed by atoms with Gasteiger partial charge >= 0.3 is 6.03 Å². The Hall–Kier alpha value is -1.55. The predicted octanol–water partition coefficient (Wildman–Crippen LogP) is 2.28. The molecule has 1 aromatic carbocycles. The Kier molecular flexibility index (Phi) is 4.44. The van der Waals surface area contributed by atoms with Crippen molar-refractivity contribution in [1.82, 2.24) is 15.5 Å². The second-order valence-corrected chi connectivity index (χ2v) is 6.43. The lowest BCUT2D eigenvalue weighted by molar-refractivity contribution is 0.238. The molecule has 21 heavy (non-hydrogen) atoms. The van der Waals surface area contributed by atoms with Crippen LogP contribution in [0, 0.1) is 12.8 Å². The van der Waals surface area contributed by atoms with Gasteiger partial charge < -0.3 is 15.5 Å². The number of urea groups is 1. The number of hydrogen-bond donors (Lipinski definition) is 2.